The van der Waals surface area contributed by atoms with Gasteiger partial charge >= 0.3 is 6.01 Å². The van der Waals surface area contributed by atoms with Crippen molar-refractivity contribution in [2.45, 2.75) is 20.0 Å². The second-order valence-corrected chi connectivity index (χ2v) is 6.74. The summed E-state index contributed by atoms with van der Waals surface area (Å²) in [7, 11) is 0. The molecule has 1 aromatic heterocycles. The number of hydrogen-bond acceptors (Lipinski definition) is 8. The molecule has 0 fully saturated rings. The minimum atomic E-state index is -0.373. The summed E-state index contributed by atoms with van der Waals surface area (Å²) in [5.74, 6) is 2.29. The quantitative estimate of drug-likeness (QED) is 0.666. The van der Waals surface area contributed by atoms with Crippen LogP contribution in [0.1, 0.15) is 24.2 Å². The fraction of sp³-hybridized carbons (Fsp3) is 0.250. The fourth-order valence-corrected chi connectivity index (χ4v) is 3.07. The molecule has 0 amide bonds. The van der Waals surface area contributed by atoms with Crippen LogP contribution in [0.4, 0.5) is 0 Å². The zero-order valence-electron chi connectivity index (χ0n) is 15.7. The molecule has 2 aliphatic rings. The SMILES string of the molecule is CC(C)Oc1nc(-c2ccc3c(c2)OCO3)n(C(=O)c2ccc3c(c2)OCO3)n1. The average Bonchev–Trinajstić information content (AvgIpc) is 3.44. The van der Waals surface area contributed by atoms with Gasteiger partial charge in [0, 0.05) is 11.1 Å². The summed E-state index contributed by atoms with van der Waals surface area (Å²) in [6, 6.07) is 10.4. The van der Waals surface area contributed by atoms with Gasteiger partial charge in [-0.25, -0.2) is 0 Å². The third-order valence-electron chi connectivity index (χ3n) is 4.37. The molecule has 148 valence electrons. The molecule has 0 saturated carbocycles. The van der Waals surface area contributed by atoms with Crippen LogP contribution in [0.5, 0.6) is 29.0 Å². The van der Waals surface area contributed by atoms with Crippen molar-refractivity contribution in [2.24, 2.45) is 0 Å². The van der Waals surface area contributed by atoms with E-state index >= 15 is 0 Å². The van der Waals surface area contributed by atoms with E-state index in [2.05, 4.69) is 10.1 Å². The first-order chi connectivity index (χ1) is 14.1. The first-order valence-corrected chi connectivity index (χ1v) is 9.06. The molecule has 0 saturated heterocycles. The van der Waals surface area contributed by atoms with Crippen molar-refractivity contribution >= 4 is 5.91 Å². The summed E-state index contributed by atoms with van der Waals surface area (Å²) in [6.45, 7) is 4.01. The van der Waals surface area contributed by atoms with Crippen molar-refractivity contribution in [3.8, 4) is 40.4 Å². The maximum absolute atomic E-state index is 13.2. The molecular formula is C20H17N3O6. The molecule has 0 bridgehead atoms. The molecule has 0 N–H and O–H groups in total. The monoisotopic (exact) mass is 395 g/mol. The normalized spacial score (nSPS) is 13.8. The molecule has 29 heavy (non-hydrogen) atoms. The molecule has 0 aliphatic carbocycles. The molecule has 2 aromatic carbocycles. The van der Waals surface area contributed by atoms with Crippen LogP contribution in [0.25, 0.3) is 11.4 Å². The first kappa shape index (κ1) is 17.4. The summed E-state index contributed by atoms with van der Waals surface area (Å²) < 4.78 is 28.3. The number of fused-ring (bicyclic) bond motifs is 2. The van der Waals surface area contributed by atoms with E-state index in [1.54, 1.807) is 36.4 Å². The number of rotatable bonds is 4. The lowest BCUT2D eigenvalue weighted by atomic mass is 10.1. The van der Waals surface area contributed by atoms with Crippen molar-refractivity contribution in [1.82, 2.24) is 14.8 Å². The predicted molar refractivity (Wildman–Crippen MR) is 99.6 cm³/mol. The van der Waals surface area contributed by atoms with Gasteiger partial charge in [0.15, 0.2) is 28.8 Å². The minimum absolute atomic E-state index is 0.113. The number of hydrogen-bond donors (Lipinski definition) is 0. The van der Waals surface area contributed by atoms with Gasteiger partial charge in [-0.2, -0.15) is 9.67 Å². The van der Waals surface area contributed by atoms with E-state index in [0.29, 0.717) is 39.9 Å². The molecule has 3 heterocycles. The molecule has 0 radical (unpaired) electrons. The Kier molecular flexibility index (Phi) is 4.01. The number of carbonyl (C=O) groups excluding carboxylic acids is 1. The van der Waals surface area contributed by atoms with E-state index in [-0.39, 0.29) is 31.6 Å². The third kappa shape index (κ3) is 3.10. The first-order valence-electron chi connectivity index (χ1n) is 9.06. The zero-order chi connectivity index (χ0) is 20.0. The van der Waals surface area contributed by atoms with Crippen LogP contribution in [0.15, 0.2) is 36.4 Å². The third-order valence-corrected chi connectivity index (χ3v) is 4.37. The summed E-state index contributed by atoms with van der Waals surface area (Å²) in [6.07, 6.45) is -0.143. The minimum Gasteiger partial charge on any atom is -0.460 e. The summed E-state index contributed by atoms with van der Waals surface area (Å²) in [5.41, 5.74) is 1.03. The Morgan fingerprint density at radius 1 is 0.966 bits per heavy atom. The number of nitrogens with zero attached hydrogens (tertiary/aromatic N) is 3. The van der Waals surface area contributed by atoms with Crippen LogP contribution in [0.2, 0.25) is 0 Å². The summed E-state index contributed by atoms with van der Waals surface area (Å²) in [4.78, 5) is 17.6. The van der Waals surface area contributed by atoms with Gasteiger partial charge in [-0.15, -0.1) is 5.10 Å². The Hall–Kier alpha value is -3.75. The van der Waals surface area contributed by atoms with Gasteiger partial charge in [0.2, 0.25) is 13.6 Å². The second kappa shape index (κ2) is 6.69. The highest BCUT2D eigenvalue weighted by atomic mass is 16.7. The van der Waals surface area contributed by atoms with Crippen LogP contribution >= 0.6 is 0 Å². The second-order valence-electron chi connectivity index (χ2n) is 6.74. The number of benzene rings is 2. The predicted octanol–water partition coefficient (Wildman–Crippen LogP) is 2.88. The van der Waals surface area contributed by atoms with Crippen LogP contribution in [0, 0.1) is 0 Å². The maximum atomic E-state index is 13.2. The van der Waals surface area contributed by atoms with Crippen molar-refractivity contribution in [1.29, 1.82) is 0 Å². The Morgan fingerprint density at radius 3 is 2.34 bits per heavy atom. The molecule has 9 heteroatoms. The fourth-order valence-electron chi connectivity index (χ4n) is 3.07. The topological polar surface area (TPSA) is 93.9 Å². The van der Waals surface area contributed by atoms with Gasteiger partial charge in [-0.05, 0) is 50.2 Å². The van der Waals surface area contributed by atoms with Gasteiger partial charge in [0.05, 0.1) is 6.10 Å². The van der Waals surface area contributed by atoms with Gasteiger partial charge < -0.3 is 23.7 Å². The van der Waals surface area contributed by atoms with Crippen LogP contribution in [0.3, 0.4) is 0 Å². The summed E-state index contributed by atoms with van der Waals surface area (Å²) in [5, 5.41) is 4.28. The molecule has 5 rings (SSSR count). The van der Waals surface area contributed by atoms with E-state index in [9.17, 15) is 4.79 Å². The lowest BCUT2D eigenvalue weighted by Gasteiger charge is -2.06. The summed E-state index contributed by atoms with van der Waals surface area (Å²) >= 11 is 0. The number of ether oxygens (including phenoxy) is 5. The Morgan fingerprint density at radius 2 is 1.62 bits per heavy atom. The van der Waals surface area contributed by atoms with Crippen LogP contribution < -0.4 is 23.7 Å². The average molecular weight is 395 g/mol. The van der Waals surface area contributed by atoms with Crippen LogP contribution in [-0.4, -0.2) is 40.4 Å². The highest BCUT2D eigenvalue weighted by Gasteiger charge is 2.24. The van der Waals surface area contributed by atoms with Crippen molar-refractivity contribution in [3.05, 3.63) is 42.0 Å². The smallest absolute Gasteiger partial charge is 0.336 e. The van der Waals surface area contributed by atoms with Crippen LogP contribution in [-0.2, 0) is 0 Å². The van der Waals surface area contributed by atoms with Crippen molar-refractivity contribution < 1.29 is 28.5 Å². The van der Waals surface area contributed by atoms with E-state index < -0.39 is 0 Å². The molecular weight excluding hydrogens is 378 g/mol. The highest BCUT2D eigenvalue weighted by molar-refractivity contribution is 5.98. The van der Waals surface area contributed by atoms with Gasteiger partial charge in [-0.1, -0.05) is 0 Å². The van der Waals surface area contributed by atoms with E-state index in [1.165, 1.54) is 4.68 Å². The molecule has 3 aromatic rings. The molecule has 2 aliphatic heterocycles. The molecule has 9 nitrogen and oxygen atoms in total. The standard InChI is InChI=1S/C20H17N3O6/c1-11(2)29-20-21-18(12-3-5-14-16(7-12)27-9-25-14)23(22-20)19(24)13-4-6-15-17(8-13)28-10-26-15/h3-8,11H,9-10H2,1-2H3. The maximum Gasteiger partial charge on any atom is 0.336 e. The van der Waals surface area contributed by atoms with E-state index in [1.807, 2.05) is 13.8 Å². The van der Waals surface area contributed by atoms with Crippen molar-refractivity contribution in [3.63, 3.8) is 0 Å². The van der Waals surface area contributed by atoms with Gasteiger partial charge in [-0.3, -0.25) is 4.79 Å². The molecule has 0 atom stereocenters. The number of aromatic nitrogens is 3. The van der Waals surface area contributed by atoms with E-state index in [4.69, 9.17) is 23.7 Å². The van der Waals surface area contributed by atoms with Gasteiger partial charge in [0.1, 0.15) is 0 Å². The molecule has 0 spiro atoms. The van der Waals surface area contributed by atoms with E-state index in [0.717, 1.165) is 0 Å². The lowest BCUT2D eigenvalue weighted by molar-refractivity contribution is 0.0943. The van der Waals surface area contributed by atoms with Crippen molar-refractivity contribution in [2.75, 3.05) is 13.6 Å². The molecule has 0 unspecified atom stereocenters. The largest absolute Gasteiger partial charge is 0.460 e. The lowest BCUT2D eigenvalue weighted by Crippen LogP contribution is -2.15. The Bertz CT molecular complexity index is 1110. The van der Waals surface area contributed by atoms with Gasteiger partial charge in [0.25, 0.3) is 5.91 Å². The highest BCUT2D eigenvalue weighted by Crippen LogP contribution is 2.36. The zero-order valence-corrected chi connectivity index (χ0v) is 15.7. The Labute approximate surface area is 165 Å². The number of carbonyl (C=O) groups is 1. The Balaban J connectivity index is 1.57.